The first kappa shape index (κ1) is 62.8. The smallest absolute Gasteiger partial charge is 0.305 e. The fourth-order valence-electron chi connectivity index (χ4n) is 8.42. The van der Waals surface area contributed by atoms with E-state index >= 15 is 0 Å². The lowest BCUT2D eigenvalue weighted by molar-refractivity contribution is -0.143. The zero-order valence-corrected chi connectivity index (χ0v) is 43.2. The van der Waals surface area contributed by atoms with E-state index in [1.807, 2.05) is 6.08 Å². The van der Waals surface area contributed by atoms with Crippen LogP contribution in [0.25, 0.3) is 0 Å². The van der Waals surface area contributed by atoms with Gasteiger partial charge < -0.3 is 20.3 Å². The number of carbonyl (C=O) groups is 2. The molecule has 0 saturated heterocycles. The summed E-state index contributed by atoms with van der Waals surface area (Å²) in [5.74, 6) is -0.0889. The zero-order chi connectivity index (χ0) is 47.2. The lowest BCUT2D eigenvalue weighted by Crippen LogP contribution is -2.45. The van der Waals surface area contributed by atoms with Crippen molar-refractivity contribution >= 4 is 11.9 Å². The molecule has 0 fully saturated rings. The molecule has 2 unspecified atom stereocenters. The molecule has 0 aliphatic rings. The van der Waals surface area contributed by atoms with E-state index in [9.17, 15) is 19.8 Å². The molecule has 0 aromatic carbocycles. The highest BCUT2D eigenvalue weighted by atomic mass is 16.5. The van der Waals surface area contributed by atoms with Crippen molar-refractivity contribution in [3.05, 3.63) is 48.6 Å². The van der Waals surface area contributed by atoms with E-state index in [4.69, 9.17) is 4.74 Å². The number of amides is 1. The summed E-state index contributed by atoms with van der Waals surface area (Å²) in [5.41, 5.74) is 0. The average Bonchev–Trinajstić information content (AvgIpc) is 3.31. The van der Waals surface area contributed by atoms with Crippen molar-refractivity contribution in [2.45, 2.75) is 302 Å². The van der Waals surface area contributed by atoms with Gasteiger partial charge in [0, 0.05) is 12.8 Å². The van der Waals surface area contributed by atoms with Crippen molar-refractivity contribution in [1.29, 1.82) is 0 Å². The van der Waals surface area contributed by atoms with Gasteiger partial charge in [0.1, 0.15) is 0 Å². The Hall–Kier alpha value is -2.18. The maximum Gasteiger partial charge on any atom is 0.305 e. The van der Waals surface area contributed by atoms with Crippen LogP contribution in [0.3, 0.4) is 0 Å². The van der Waals surface area contributed by atoms with Crippen molar-refractivity contribution in [3.8, 4) is 0 Å². The second-order valence-corrected chi connectivity index (χ2v) is 19.3. The van der Waals surface area contributed by atoms with Crippen LogP contribution >= 0.6 is 0 Å². The fraction of sp³-hybridized carbons (Fsp3) is 0.831. The van der Waals surface area contributed by atoms with Gasteiger partial charge in [-0.05, 0) is 89.9 Å². The first-order chi connectivity index (χ1) is 32.0. The number of aliphatic hydroxyl groups is 2. The van der Waals surface area contributed by atoms with Gasteiger partial charge in [-0.1, -0.05) is 236 Å². The quantitative estimate of drug-likeness (QED) is 0.0321. The van der Waals surface area contributed by atoms with Crippen LogP contribution in [0.15, 0.2) is 48.6 Å². The van der Waals surface area contributed by atoms with Crippen LogP contribution in [-0.4, -0.2) is 47.4 Å². The number of nitrogens with one attached hydrogen (secondary N) is 1. The lowest BCUT2D eigenvalue weighted by Gasteiger charge is -2.20. The standard InChI is InChI=1S/C59H109NO5/c1-3-5-7-9-11-13-15-17-18-19-20-23-26-29-33-37-41-45-49-53-59(64)65-54-50-46-42-38-34-30-27-24-21-22-25-28-32-36-40-44-48-52-58(63)60-56(55-61)57(62)51-47-43-39-35-31-16-14-12-10-8-6-4-2/h11,13,17-18,21,24,47,51,56-57,61-62H,3-10,12,14-16,19-20,22-23,25-46,48-50,52-55H2,1-2H3,(H,60,63)/b13-11-,18-17-,24-21-,51-47+. The first-order valence-electron chi connectivity index (χ1n) is 28.4. The summed E-state index contributed by atoms with van der Waals surface area (Å²) >= 11 is 0. The number of carbonyl (C=O) groups excluding carboxylic acids is 2. The number of rotatable bonds is 52. The molecule has 0 bridgehead atoms. The van der Waals surface area contributed by atoms with Gasteiger partial charge in [-0.3, -0.25) is 9.59 Å². The van der Waals surface area contributed by atoms with Gasteiger partial charge in [-0.15, -0.1) is 0 Å². The van der Waals surface area contributed by atoms with Crippen LogP contribution in [0.2, 0.25) is 0 Å². The maximum absolute atomic E-state index is 12.4. The molecule has 0 aliphatic carbocycles. The second kappa shape index (κ2) is 54.4. The molecule has 2 atom stereocenters. The van der Waals surface area contributed by atoms with Crippen molar-refractivity contribution in [1.82, 2.24) is 5.32 Å². The van der Waals surface area contributed by atoms with E-state index in [-0.39, 0.29) is 18.5 Å². The lowest BCUT2D eigenvalue weighted by atomic mass is 10.1. The number of esters is 1. The van der Waals surface area contributed by atoms with E-state index in [1.165, 1.54) is 199 Å². The minimum atomic E-state index is -0.852. The van der Waals surface area contributed by atoms with Crippen molar-refractivity contribution < 1.29 is 24.5 Å². The zero-order valence-electron chi connectivity index (χ0n) is 43.2. The van der Waals surface area contributed by atoms with Crippen LogP contribution < -0.4 is 5.32 Å². The third-order valence-corrected chi connectivity index (χ3v) is 12.8. The van der Waals surface area contributed by atoms with E-state index in [1.54, 1.807) is 6.08 Å². The van der Waals surface area contributed by atoms with E-state index in [2.05, 4.69) is 55.6 Å². The largest absolute Gasteiger partial charge is 0.466 e. The number of hydrogen-bond acceptors (Lipinski definition) is 5. The molecule has 6 nitrogen and oxygen atoms in total. The van der Waals surface area contributed by atoms with Gasteiger partial charge >= 0.3 is 5.97 Å². The maximum atomic E-state index is 12.4. The SMILES string of the molecule is CCCCC/C=C\C/C=C\CCCCCCCCCCCC(=O)OCCCCCCCC/C=C\CCCCCCCCCC(=O)NC(CO)C(O)/C=C/CCCCCCCCCCCC. The highest BCUT2D eigenvalue weighted by Gasteiger charge is 2.18. The predicted octanol–water partition coefficient (Wildman–Crippen LogP) is 17.4. The van der Waals surface area contributed by atoms with Crippen LogP contribution in [0.4, 0.5) is 0 Å². The van der Waals surface area contributed by atoms with Crippen molar-refractivity contribution in [2.75, 3.05) is 13.2 Å². The summed E-state index contributed by atoms with van der Waals surface area (Å²) in [6.45, 7) is 4.84. The van der Waals surface area contributed by atoms with Gasteiger partial charge in [0.05, 0.1) is 25.4 Å². The molecule has 0 heterocycles. The molecule has 0 spiro atoms. The fourth-order valence-corrected chi connectivity index (χ4v) is 8.42. The Morgan fingerprint density at radius 1 is 0.431 bits per heavy atom. The highest BCUT2D eigenvalue weighted by Crippen LogP contribution is 2.15. The summed E-state index contributed by atoms with van der Waals surface area (Å²) < 4.78 is 5.48. The second-order valence-electron chi connectivity index (χ2n) is 19.3. The summed E-state index contributed by atoms with van der Waals surface area (Å²) in [6, 6.07) is -0.637. The third-order valence-electron chi connectivity index (χ3n) is 12.8. The van der Waals surface area contributed by atoms with E-state index in [0.29, 0.717) is 19.4 Å². The number of unbranched alkanes of at least 4 members (excludes halogenated alkanes) is 35. The topological polar surface area (TPSA) is 95.9 Å². The summed E-state index contributed by atoms with van der Waals surface area (Å²) in [5, 5.41) is 23.0. The Morgan fingerprint density at radius 2 is 0.769 bits per heavy atom. The minimum absolute atomic E-state index is 0.00721. The van der Waals surface area contributed by atoms with Gasteiger partial charge in [0.2, 0.25) is 5.91 Å². The Labute approximate surface area is 404 Å². The minimum Gasteiger partial charge on any atom is -0.466 e. The molecule has 0 saturated carbocycles. The third kappa shape index (κ3) is 51.1. The Morgan fingerprint density at radius 3 is 1.22 bits per heavy atom. The van der Waals surface area contributed by atoms with Crippen LogP contribution in [-0.2, 0) is 14.3 Å². The average molecular weight is 913 g/mol. The summed E-state index contributed by atoms with van der Waals surface area (Å²) in [6.07, 6.45) is 68.4. The summed E-state index contributed by atoms with van der Waals surface area (Å²) in [7, 11) is 0. The van der Waals surface area contributed by atoms with Gasteiger partial charge in [0.15, 0.2) is 0 Å². The van der Waals surface area contributed by atoms with Crippen molar-refractivity contribution in [2.24, 2.45) is 0 Å². The Kier molecular flexibility index (Phi) is 52.6. The molecule has 0 radical (unpaired) electrons. The molecule has 0 aromatic heterocycles. The van der Waals surface area contributed by atoms with Gasteiger partial charge in [-0.2, -0.15) is 0 Å². The number of hydrogen-bond donors (Lipinski definition) is 3. The highest BCUT2D eigenvalue weighted by molar-refractivity contribution is 5.76. The van der Waals surface area contributed by atoms with Gasteiger partial charge in [-0.25, -0.2) is 0 Å². The molecule has 0 rings (SSSR count). The molecule has 65 heavy (non-hydrogen) atoms. The van der Waals surface area contributed by atoms with Gasteiger partial charge in [0.25, 0.3) is 0 Å². The number of allylic oxidation sites excluding steroid dienone is 7. The Bertz CT molecular complexity index is 1100. The predicted molar refractivity (Wildman–Crippen MR) is 282 cm³/mol. The van der Waals surface area contributed by atoms with E-state index in [0.717, 1.165) is 64.2 Å². The Balaban J connectivity index is 3.46. The number of ether oxygens (including phenoxy) is 1. The van der Waals surface area contributed by atoms with Crippen LogP contribution in [0.1, 0.15) is 290 Å². The van der Waals surface area contributed by atoms with E-state index < -0.39 is 12.1 Å². The normalized spacial score (nSPS) is 13.0. The molecular formula is C59H109NO5. The van der Waals surface area contributed by atoms with Crippen molar-refractivity contribution in [3.63, 3.8) is 0 Å². The monoisotopic (exact) mass is 912 g/mol. The molecule has 0 aliphatic heterocycles. The van der Waals surface area contributed by atoms with Crippen LogP contribution in [0.5, 0.6) is 0 Å². The molecule has 0 aromatic rings. The molecule has 3 N–H and O–H groups in total. The summed E-state index contributed by atoms with van der Waals surface area (Å²) in [4.78, 5) is 24.5. The molecule has 1 amide bonds. The first-order valence-corrected chi connectivity index (χ1v) is 28.4. The number of aliphatic hydroxyl groups excluding tert-OH is 2. The molecule has 380 valence electrons. The van der Waals surface area contributed by atoms with Crippen LogP contribution in [0, 0.1) is 0 Å². The molecule has 6 heteroatoms. The molecular weight excluding hydrogens is 803 g/mol.